The molecule has 0 aromatic rings. The third-order valence-corrected chi connectivity index (χ3v) is 20.0. The van der Waals surface area contributed by atoms with Gasteiger partial charge in [-0.1, -0.05) is 314 Å². The molecule has 17 unspecified atom stereocenters. The molecule has 0 saturated carbocycles. The largest absolute Gasteiger partial charge is 0.394 e. The number of allylic oxidation sites excluding steroid dienone is 21. The van der Waals surface area contributed by atoms with Gasteiger partial charge in [-0.3, -0.25) is 4.79 Å². The normalized spacial score (nSPS) is 26.2. The highest BCUT2D eigenvalue weighted by Gasteiger charge is 2.54. The summed E-state index contributed by atoms with van der Waals surface area (Å²) in [5.41, 5.74) is 0. The topological polar surface area (TPSA) is 307 Å². The highest BCUT2D eigenvalue weighted by atomic mass is 16.8. The zero-order valence-electron chi connectivity index (χ0n) is 65.8. The number of nitrogens with one attached hydrogen (secondary N) is 1. The van der Waals surface area contributed by atoms with Crippen molar-refractivity contribution in [3.63, 3.8) is 0 Å². The standard InChI is InChI=1S/C88H149NO18/c1-3-5-7-9-11-13-15-17-19-21-23-25-27-29-31-32-33-34-35-36-37-38-40-42-44-46-48-50-52-54-56-58-60-62-64-66-76(94)89-71(72(93)65-63-61-59-57-55-53-51-49-47-45-43-41-39-30-28-26-24-22-20-18-16-14-12-10-8-6-4-2)70-102-86-82(100)79(97)84(74(68-91)104-86)107-88-83(101)80(98)85(75(69-92)105-88)106-87-81(99)78(96)77(95)73(67-90)103-87/h5,7,11,13,17,19,23,25,29,31,33-34,36-37,40,42,46,48,52,54,63,65,71-75,77-88,90-93,95-101H,3-4,6,8-10,12,14-16,18,20-22,24,26-28,30,32,35,38-39,41,43-45,47,49-51,53,55-62,64,66-70H2,1-2H3,(H,89,94)/b7-5-,13-11-,19-17-,25-23-,31-29-,34-33-,37-36-,42-40-,48-46-,54-52-,65-63+. The Morgan fingerprint density at radius 3 is 1.01 bits per heavy atom. The van der Waals surface area contributed by atoms with Gasteiger partial charge in [0.1, 0.15) is 73.2 Å². The maximum Gasteiger partial charge on any atom is 0.220 e. The fourth-order valence-corrected chi connectivity index (χ4v) is 13.3. The van der Waals surface area contributed by atoms with Crippen molar-refractivity contribution in [2.45, 2.75) is 388 Å². The maximum absolute atomic E-state index is 13.5. The molecule has 12 N–H and O–H groups in total. The first-order chi connectivity index (χ1) is 52.3. The van der Waals surface area contributed by atoms with Gasteiger partial charge in [0, 0.05) is 6.42 Å². The molecule has 19 heteroatoms. The number of amides is 1. The Kier molecular flexibility index (Phi) is 60.4. The Balaban J connectivity index is 1.39. The molecule has 0 spiro atoms. The van der Waals surface area contributed by atoms with Crippen LogP contribution in [0, 0.1) is 0 Å². The second kappa shape index (κ2) is 66.5. The SMILES string of the molecule is CC/C=C\C/C=C\C/C=C\C/C=C\C/C=C\C/C=C\C/C=C\C/C=C\C/C=C\C/C=C\CCCCCCC(=O)NC(COC1OC(CO)C(OC2OC(CO)C(OC3OC(CO)C(O)C(O)C3O)C(O)C2O)C(O)C1O)C(O)/C=C/CCCCCCCCCCCCCCCCCCCCCCCCCCC. The zero-order chi connectivity index (χ0) is 77.4. The van der Waals surface area contributed by atoms with Gasteiger partial charge in [0.05, 0.1) is 38.6 Å². The van der Waals surface area contributed by atoms with Crippen molar-refractivity contribution in [2.24, 2.45) is 0 Å². The summed E-state index contributed by atoms with van der Waals surface area (Å²) in [5, 5.41) is 121. The van der Waals surface area contributed by atoms with Crippen LogP contribution in [-0.2, 0) is 33.2 Å². The van der Waals surface area contributed by atoms with Crippen molar-refractivity contribution in [3.05, 3.63) is 134 Å². The lowest BCUT2D eigenvalue weighted by Gasteiger charge is -2.48. The third kappa shape index (κ3) is 45.9. The molecule has 1 amide bonds. The van der Waals surface area contributed by atoms with E-state index in [-0.39, 0.29) is 18.9 Å². The van der Waals surface area contributed by atoms with Gasteiger partial charge < -0.3 is 89.9 Å². The van der Waals surface area contributed by atoms with Crippen LogP contribution in [0.15, 0.2) is 134 Å². The van der Waals surface area contributed by atoms with Crippen LogP contribution in [0.4, 0.5) is 0 Å². The molecule has 17 atom stereocenters. The van der Waals surface area contributed by atoms with E-state index in [0.29, 0.717) is 6.42 Å². The van der Waals surface area contributed by atoms with Crippen molar-refractivity contribution in [1.82, 2.24) is 5.32 Å². The first-order valence-electron chi connectivity index (χ1n) is 41.9. The second-order valence-corrected chi connectivity index (χ2v) is 29.2. The van der Waals surface area contributed by atoms with Crippen molar-refractivity contribution >= 4 is 5.91 Å². The Morgan fingerprint density at radius 2 is 0.645 bits per heavy atom. The molecular formula is C88H149NO18. The van der Waals surface area contributed by atoms with E-state index in [1.165, 1.54) is 141 Å². The predicted octanol–water partition coefficient (Wildman–Crippen LogP) is 14.8. The van der Waals surface area contributed by atoms with Crippen molar-refractivity contribution in [2.75, 3.05) is 26.4 Å². The van der Waals surface area contributed by atoms with Crippen molar-refractivity contribution in [3.8, 4) is 0 Å². The van der Waals surface area contributed by atoms with E-state index < -0.39 is 124 Å². The quantitative estimate of drug-likeness (QED) is 0.0199. The van der Waals surface area contributed by atoms with Gasteiger partial charge in [0.25, 0.3) is 0 Å². The van der Waals surface area contributed by atoms with Crippen LogP contribution in [0.3, 0.4) is 0 Å². The predicted molar refractivity (Wildman–Crippen MR) is 429 cm³/mol. The number of hydrogen-bond donors (Lipinski definition) is 12. The molecule has 3 saturated heterocycles. The highest BCUT2D eigenvalue weighted by Crippen LogP contribution is 2.33. The highest BCUT2D eigenvalue weighted by molar-refractivity contribution is 5.76. The van der Waals surface area contributed by atoms with Gasteiger partial charge in [-0.15, -0.1) is 0 Å². The number of carbonyl (C=O) groups excluding carboxylic acids is 1. The average Bonchev–Trinajstić information content (AvgIpc) is 0.781. The van der Waals surface area contributed by atoms with E-state index in [4.69, 9.17) is 28.4 Å². The summed E-state index contributed by atoms with van der Waals surface area (Å²) in [6.07, 6.45) is 68.6. The molecule has 614 valence electrons. The minimum atomic E-state index is -1.99. The summed E-state index contributed by atoms with van der Waals surface area (Å²) < 4.78 is 34.5. The Hall–Kier alpha value is -4.07. The molecule has 3 aliphatic rings. The molecular weight excluding hydrogens is 1360 g/mol. The molecule has 0 aromatic carbocycles. The number of ether oxygens (including phenoxy) is 6. The van der Waals surface area contributed by atoms with Crippen LogP contribution in [0.25, 0.3) is 0 Å². The third-order valence-electron chi connectivity index (χ3n) is 20.0. The van der Waals surface area contributed by atoms with E-state index in [1.54, 1.807) is 6.08 Å². The number of aliphatic hydroxyl groups is 11. The second-order valence-electron chi connectivity index (χ2n) is 29.2. The fraction of sp³-hybridized carbons (Fsp3) is 0.739. The number of hydrogen-bond acceptors (Lipinski definition) is 18. The van der Waals surface area contributed by atoms with E-state index in [1.807, 2.05) is 6.08 Å². The first-order valence-corrected chi connectivity index (χ1v) is 41.9. The van der Waals surface area contributed by atoms with Gasteiger partial charge in [-0.25, -0.2) is 0 Å². The molecule has 107 heavy (non-hydrogen) atoms. The minimum Gasteiger partial charge on any atom is -0.394 e. The molecule has 3 heterocycles. The minimum absolute atomic E-state index is 0.205. The van der Waals surface area contributed by atoms with E-state index in [9.17, 15) is 61.0 Å². The molecule has 19 nitrogen and oxygen atoms in total. The molecule has 0 bridgehead atoms. The van der Waals surface area contributed by atoms with Crippen LogP contribution in [0.5, 0.6) is 0 Å². The number of unbranched alkanes of at least 4 members (excludes halogenated alkanes) is 29. The fourth-order valence-electron chi connectivity index (χ4n) is 13.3. The number of carbonyl (C=O) groups is 1. The number of rotatable bonds is 65. The van der Waals surface area contributed by atoms with Gasteiger partial charge in [-0.2, -0.15) is 0 Å². The summed E-state index contributed by atoms with van der Waals surface area (Å²) in [5.74, 6) is -0.303. The molecule has 3 aliphatic heterocycles. The summed E-state index contributed by atoms with van der Waals surface area (Å²) in [7, 11) is 0. The number of aliphatic hydroxyl groups excluding tert-OH is 11. The maximum atomic E-state index is 13.5. The Bertz CT molecular complexity index is 2450. The van der Waals surface area contributed by atoms with Crippen LogP contribution in [0.1, 0.15) is 284 Å². The van der Waals surface area contributed by atoms with E-state index >= 15 is 0 Å². The van der Waals surface area contributed by atoms with Crippen molar-refractivity contribution in [1.29, 1.82) is 0 Å². The summed E-state index contributed by atoms with van der Waals surface area (Å²) in [4.78, 5) is 13.5. The monoisotopic (exact) mass is 1510 g/mol. The lowest BCUT2D eigenvalue weighted by molar-refractivity contribution is -0.379. The smallest absolute Gasteiger partial charge is 0.220 e. The van der Waals surface area contributed by atoms with Gasteiger partial charge >= 0.3 is 0 Å². The lowest BCUT2D eigenvalue weighted by atomic mass is 9.96. The molecule has 0 aromatic heterocycles. The molecule has 3 fully saturated rings. The van der Waals surface area contributed by atoms with Gasteiger partial charge in [-0.05, 0) is 96.3 Å². The van der Waals surface area contributed by atoms with Crippen LogP contribution >= 0.6 is 0 Å². The van der Waals surface area contributed by atoms with Gasteiger partial charge in [0.2, 0.25) is 5.91 Å². The Morgan fingerprint density at radius 1 is 0.346 bits per heavy atom. The lowest BCUT2D eigenvalue weighted by Crippen LogP contribution is -2.66. The van der Waals surface area contributed by atoms with E-state index in [2.05, 4.69) is 141 Å². The zero-order valence-corrected chi connectivity index (χ0v) is 65.8. The molecule has 3 rings (SSSR count). The van der Waals surface area contributed by atoms with Gasteiger partial charge in [0.15, 0.2) is 18.9 Å². The Labute approximate surface area is 645 Å². The average molecular weight is 1510 g/mol. The summed E-state index contributed by atoms with van der Waals surface area (Å²) >= 11 is 0. The van der Waals surface area contributed by atoms with Crippen molar-refractivity contribution < 1.29 is 89.4 Å². The van der Waals surface area contributed by atoms with E-state index in [0.717, 1.165) is 116 Å². The van der Waals surface area contributed by atoms with Crippen LogP contribution in [-0.4, -0.2) is 193 Å². The summed E-state index contributed by atoms with van der Waals surface area (Å²) in [6.45, 7) is 1.62. The molecule has 0 radical (unpaired) electrons. The van der Waals surface area contributed by atoms with Crippen LogP contribution in [0.2, 0.25) is 0 Å². The van der Waals surface area contributed by atoms with Crippen LogP contribution < -0.4 is 5.32 Å². The molecule has 0 aliphatic carbocycles. The first kappa shape index (κ1) is 97.1. The summed E-state index contributed by atoms with van der Waals surface area (Å²) in [6, 6.07) is -0.999.